The molecule has 1 aliphatic carbocycles. The van der Waals surface area contributed by atoms with Gasteiger partial charge in [0.15, 0.2) is 0 Å². The van der Waals surface area contributed by atoms with Gasteiger partial charge in [0.2, 0.25) is 11.7 Å². The van der Waals surface area contributed by atoms with E-state index in [1.54, 1.807) is 6.07 Å². The number of ketones is 1. The van der Waals surface area contributed by atoms with E-state index in [2.05, 4.69) is 10.1 Å². The van der Waals surface area contributed by atoms with Crippen LogP contribution in [0, 0.1) is 0 Å². The molecule has 1 aromatic carbocycles. The number of benzene rings is 1. The molecule has 1 unspecified atom stereocenters. The first-order valence-corrected chi connectivity index (χ1v) is 6.25. The molecule has 1 aliphatic rings. The van der Waals surface area contributed by atoms with Crippen LogP contribution in [-0.4, -0.2) is 15.9 Å². The second kappa shape index (κ2) is 4.53. The predicted octanol–water partition coefficient (Wildman–Crippen LogP) is 3.23. The molecule has 5 heteroatoms. The van der Waals surface area contributed by atoms with E-state index in [-0.39, 0.29) is 11.7 Å². The lowest BCUT2D eigenvalue weighted by Gasteiger charge is -1.99. The molecule has 2 aromatic rings. The molecule has 3 rings (SSSR count). The fourth-order valence-electron chi connectivity index (χ4n) is 2.21. The van der Waals surface area contributed by atoms with Crippen molar-refractivity contribution in [3.63, 3.8) is 0 Å². The molecule has 0 spiro atoms. The van der Waals surface area contributed by atoms with Crippen LogP contribution >= 0.6 is 11.6 Å². The minimum atomic E-state index is -0.228. The van der Waals surface area contributed by atoms with Crippen molar-refractivity contribution < 1.29 is 9.32 Å². The fraction of sp³-hybridized carbons (Fsp3) is 0.308. The van der Waals surface area contributed by atoms with Gasteiger partial charge in [-0.2, -0.15) is 4.98 Å². The molecule has 92 valence electrons. The molecule has 0 amide bonds. The van der Waals surface area contributed by atoms with E-state index in [9.17, 15) is 4.79 Å². The molecular weight excluding hydrogens is 252 g/mol. The maximum atomic E-state index is 11.6. The van der Waals surface area contributed by atoms with Crippen molar-refractivity contribution in [1.82, 2.24) is 10.1 Å². The summed E-state index contributed by atoms with van der Waals surface area (Å²) < 4.78 is 5.19. The highest BCUT2D eigenvalue weighted by Crippen LogP contribution is 2.32. The normalized spacial score (nSPS) is 19.4. The molecule has 1 aromatic heterocycles. The topological polar surface area (TPSA) is 56.0 Å². The Morgan fingerprint density at radius 1 is 1.33 bits per heavy atom. The summed E-state index contributed by atoms with van der Waals surface area (Å²) in [5.74, 6) is 0.806. The van der Waals surface area contributed by atoms with Gasteiger partial charge in [0.1, 0.15) is 5.78 Å². The first-order valence-electron chi connectivity index (χ1n) is 5.87. The van der Waals surface area contributed by atoms with Crippen LogP contribution in [0.1, 0.15) is 31.1 Å². The van der Waals surface area contributed by atoms with E-state index in [0.717, 1.165) is 18.4 Å². The van der Waals surface area contributed by atoms with Crippen LogP contribution in [0.3, 0.4) is 0 Å². The monoisotopic (exact) mass is 262 g/mol. The van der Waals surface area contributed by atoms with Gasteiger partial charge >= 0.3 is 0 Å². The van der Waals surface area contributed by atoms with Gasteiger partial charge in [-0.25, -0.2) is 0 Å². The number of carbonyl (C=O) groups is 1. The van der Waals surface area contributed by atoms with Gasteiger partial charge in [-0.05, 0) is 25.0 Å². The van der Waals surface area contributed by atoms with Crippen molar-refractivity contribution in [2.24, 2.45) is 0 Å². The van der Waals surface area contributed by atoms with Crippen LogP contribution < -0.4 is 0 Å². The van der Waals surface area contributed by atoms with E-state index in [0.29, 0.717) is 23.2 Å². The van der Waals surface area contributed by atoms with Gasteiger partial charge in [0, 0.05) is 12.0 Å². The summed E-state index contributed by atoms with van der Waals surface area (Å²) in [6.45, 7) is 0. The lowest BCUT2D eigenvalue weighted by Crippen LogP contribution is -2.04. The summed E-state index contributed by atoms with van der Waals surface area (Å²) in [7, 11) is 0. The largest absolute Gasteiger partial charge is 0.338 e. The molecule has 4 nitrogen and oxygen atoms in total. The third-order valence-electron chi connectivity index (χ3n) is 3.16. The Bertz CT molecular complexity index is 594. The second-order valence-corrected chi connectivity index (χ2v) is 4.75. The molecular formula is C13H11ClN2O2. The standard InChI is InChI=1S/C13H11ClN2O2/c14-10-6-2-1-4-8(10)12-15-13(18-16-12)9-5-3-7-11(9)17/h1-2,4,6,9H,3,5,7H2. The van der Waals surface area contributed by atoms with Gasteiger partial charge in [0.25, 0.3) is 0 Å². The van der Waals surface area contributed by atoms with Crippen LogP contribution in [0.25, 0.3) is 11.4 Å². The van der Waals surface area contributed by atoms with E-state index in [4.69, 9.17) is 16.1 Å². The molecule has 0 N–H and O–H groups in total. The quantitative estimate of drug-likeness (QED) is 0.834. The molecule has 1 atom stereocenters. The Labute approximate surface area is 109 Å². The molecule has 1 saturated carbocycles. The van der Waals surface area contributed by atoms with Crippen molar-refractivity contribution in [2.45, 2.75) is 25.2 Å². The zero-order valence-corrected chi connectivity index (χ0v) is 10.4. The van der Waals surface area contributed by atoms with Gasteiger partial charge < -0.3 is 4.52 Å². The first-order chi connectivity index (χ1) is 8.75. The minimum absolute atomic E-state index is 0.185. The molecule has 18 heavy (non-hydrogen) atoms. The maximum absolute atomic E-state index is 11.6. The SMILES string of the molecule is O=C1CCCC1c1nc(-c2ccccc2Cl)no1. The van der Waals surface area contributed by atoms with Gasteiger partial charge in [-0.3, -0.25) is 4.79 Å². The average molecular weight is 263 g/mol. The fourth-order valence-corrected chi connectivity index (χ4v) is 2.43. The van der Waals surface area contributed by atoms with Crippen LogP contribution in [0.5, 0.6) is 0 Å². The van der Waals surface area contributed by atoms with E-state index < -0.39 is 0 Å². The third-order valence-corrected chi connectivity index (χ3v) is 3.49. The summed E-state index contributed by atoms with van der Waals surface area (Å²) in [5.41, 5.74) is 0.722. The summed E-state index contributed by atoms with van der Waals surface area (Å²) >= 11 is 6.07. The Morgan fingerprint density at radius 2 is 2.17 bits per heavy atom. The number of Topliss-reactive ketones (excluding diaryl/α,β-unsaturated/α-hetero) is 1. The van der Waals surface area contributed by atoms with Gasteiger partial charge in [-0.15, -0.1) is 0 Å². The Kier molecular flexibility index (Phi) is 2.88. The van der Waals surface area contributed by atoms with Crippen molar-refractivity contribution >= 4 is 17.4 Å². The molecule has 0 bridgehead atoms. The third kappa shape index (κ3) is 1.93. The van der Waals surface area contributed by atoms with Gasteiger partial charge in [0.05, 0.1) is 10.9 Å². The summed E-state index contributed by atoms with van der Waals surface area (Å²) in [4.78, 5) is 15.9. The number of aromatic nitrogens is 2. The molecule has 0 aliphatic heterocycles. The van der Waals surface area contributed by atoms with Crippen LogP contribution in [0.4, 0.5) is 0 Å². The van der Waals surface area contributed by atoms with E-state index in [1.807, 2.05) is 18.2 Å². The highest BCUT2D eigenvalue weighted by atomic mass is 35.5. The Morgan fingerprint density at radius 3 is 2.89 bits per heavy atom. The number of hydrogen-bond donors (Lipinski definition) is 0. The van der Waals surface area contributed by atoms with Crippen molar-refractivity contribution in [3.8, 4) is 11.4 Å². The molecule has 0 saturated heterocycles. The first kappa shape index (κ1) is 11.4. The predicted molar refractivity (Wildman–Crippen MR) is 66.3 cm³/mol. The minimum Gasteiger partial charge on any atom is -0.338 e. The summed E-state index contributed by atoms with van der Waals surface area (Å²) in [5, 5.41) is 4.48. The number of nitrogens with zero attached hydrogens (tertiary/aromatic N) is 2. The zero-order valence-electron chi connectivity index (χ0n) is 9.60. The molecule has 1 fully saturated rings. The summed E-state index contributed by atoms with van der Waals surface area (Å²) in [6, 6.07) is 7.30. The lowest BCUT2D eigenvalue weighted by molar-refractivity contribution is -0.119. The zero-order chi connectivity index (χ0) is 12.5. The second-order valence-electron chi connectivity index (χ2n) is 4.35. The summed E-state index contributed by atoms with van der Waals surface area (Å²) in [6.07, 6.45) is 2.30. The van der Waals surface area contributed by atoms with E-state index in [1.165, 1.54) is 0 Å². The number of carbonyl (C=O) groups excluding carboxylic acids is 1. The Hall–Kier alpha value is -1.68. The average Bonchev–Trinajstić information content (AvgIpc) is 2.98. The van der Waals surface area contributed by atoms with Crippen molar-refractivity contribution in [3.05, 3.63) is 35.2 Å². The van der Waals surface area contributed by atoms with Crippen LogP contribution in [0.2, 0.25) is 5.02 Å². The molecule has 0 radical (unpaired) electrons. The Balaban J connectivity index is 1.95. The number of rotatable bonds is 2. The van der Waals surface area contributed by atoms with Crippen molar-refractivity contribution in [1.29, 1.82) is 0 Å². The maximum Gasteiger partial charge on any atom is 0.237 e. The van der Waals surface area contributed by atoms with Crippen LogP contribution in [-0.2, 0) is 4.79 Å². The number of hydrogen-bond acceptors (Lipinski definition) is 4. The van der Waals surface area contributed by atoms with E-state index >= 15 is 0 Å². The van der Waals surface area contributed by atoms with Gasteiger partial charge in [-0.1, -0.05) is 28.9 Å². The molecule has 1 heterocycles. The lowest BCUT2D eigenvalue weighted by atomic mass is 10.1. The number of halogens is 1. The highest BCUT2D eigenvalue weighted by Gasteiger charge is 2.31. The van der Waals surface area contributed by atoms with Crippen molar-refractivity contribution in [2.75, 3.05) is 0 Å². The highest BCUT2D eigenvalue weighted by molar-refractivity contribution is 6.33. The van der Waals surface area contributed by atoms with Crippen LogP contribution in [0.15, 0.2) is 28.8 Å². The smallest absolute Gasteiger partial charge is 0.237 e.